The number of carbonyl (C=O) groups is 1. The molecule has 0 spiro atoms. The monoisotopic (exact) mass is 308 g/mol. The van der Waals surface area contributed by atoms with Crippen molar-refractivity contribution in [1.82, 2.24) is 9.55 Å². The lowest BCUT2D eigenvalue weighted by atomic mass is 10.3. The molecule has 20 heavy (non-hydrogen) atoms. The molecule has 0 aliphatic carbocycles. The van der Waals surface area contributed by atoms with Crippen LogP contribution in [0.5, 0.6) is 0 Å². The normalized spacial score (nSPS) is 11.1. The van der Waals surface area contributed by atoms with Crippen LogP contribution >= 0.6 is 23.1 Å². The second kappa shape index (κ2) is 5.26. The molecule has 1 N–H and O–H groups in total. The minimum atomic E-state index is -0.931. The SMILES string of the molecule is O=C(O)CSc1nc2c(F)cccc2n1-c1ccsc1. The van der Waals surface area contributed by atoms with Gasteiger partial charge in [0.25, 0.3) is 0 Å². The van der Waals surface area contributed by atoms with Crippen molar-refractivity contribution in [2.75, 3.05) is 5.75 Å². The van der Waals surface area contributed by atoms with Gasteiger partial charge in [0.2, 0.25) is 0 Å². The Morgan fingerprint density at radius 1 is 1.45 bits per heavy atom. The van der Waals surface area contributed by atoms with Crippen molar-refractivity contribution in [3.8, 4) is 5.69 Å². The van der Waals surface area contributed by atoms with E-state index in [1.54, 1.807) is 16.7 Å². The van der Waals surface area contributed by atoms with Crippen molar-refractivity contribution >= 4 is 40.1 Å². The average molecular weight is 308 g/mol. The van der Waals surface area contributed by atoms with Crippen LogP contribution < -0.4 is 0 Å². The van der Waals surface area contributed by atoms with Crippen molar-refractivity contribution in [1.29, 1.82) is 0 Å². The van der Waals surface area contributed by atoms with Gasteiger partial charge in [-0.15, -0.1) is 0 Å². The highest BCUT2D eigenvalue weighted by Crippen LogP contribution is 2.29. The molecule has 102 valence electrons. The van der Waals surface area contributed by atoms with Crippen LogP contribution in [0.2, 0.25) is 0 Å². The van der Waals surface area contributed by atoms with E-state index < -0.39 is 11.8 Å². The van der Waals surface area contributed by atoms with Gasteiger partial charge in [-0.2, -0.15) is 11.3 Å². The highest BCUT2D eigenvalue weighted by atomic mass is 32.2. The van der Waals surface area contributed by atoms with Crippen molar-refractivity contribution < 1.29 is 14.3 Å². The first-order chi connectivity index (χ1) is 9.66. The number of aromatic nitrogens is 2. The minimum absolute atomic E-state index is 0.116. The van der Waals surface area contributed by atoms with Gasteiger partial charge in [0.1, 0.15) is 5.52 Å². The first kappa shape index (κ1) is 13.1. The summed E-state index contributed by atoms with van der Waals surface area (Å²) in [6.45, 7) is 0. The van der Waals surface area contributed by atoms with E-state index in [-0.39, 0.29) is 11.3 Å². The number of thiophene rings is 1. The average Bonchev–Trinajstić information content (AvgIpc) is 3.03. The number of aliphatic carboxylic acids is 1. The maximum Gasteiger partial charge on any atom is 0.313 e. The lowest BCUT2D eigenvalue weighted by Crippen LogP contribution is -2.01. The number of halogens is 1. The summed E-state index contributed by atoms with van der Waals surface area (Å²) < 4.78 is 15.6. The zero-order valence-electron chi connectivity index (χ0n) is 10.1. The Hall–Kier alpha value is -1.86. The molecule has 2 aromatic heterocycles. The molecule has 4 nitrogen and oxygen atoms in total. The molecule has 3 rings (SSSR count). The third-order valence-electron chi connectivity index (χ3n) is 2.69. The molecule has 7 heteroatoms. The van der Waals surface area contributed by atoms with Crippen LogP contribution in [0, 0.1) is 5.82 Å². The van der Waals surface area contributed by atoms with Crippen molar-refractivity contribution in [3.05, 3.63) is 40.8 Å². The van der Waals surface area contributed by atoms with E-state index in [4.69, 9.17) is 5.11 Å². The van der Waals surface area contributed by atoms with Gasteiger partial charge in [-0.05, 0) is 23.6 Å². The van der Waals surface area contributed by atoms with Crippen molar-refractivity contribution in [2.24, 2.45) is 0 Å². The maximum atomic E-state index is 13.8. The van der Waals surface area contributed by atoms with Crippen LogP contribution in [0.3, 0.4) is 0 Å². The number of fused-ring (bicyclic) bond motifs is 1. The van der Waals surface area contributed by atoms with Gasteiger partial charge in [0, 0.05) is 5.38 Å². The summed E-state index contributed by atoms with van der Waals surface area (Å²) in [5.41, 5.74) is 1.75. The quantitative estimate of drug-likeness (QED) is 0.751. The first-order valence-corrected chi connectivity index (χ1v) is 7.64. The fourth-order valence-corrected chi connectivity index (χ4v) is 3.26. The van der Waals surface area contributed by atoms with Gasteiger partial charge in [-0.3, -0.25) is 9.36 Å². The zero-order valence-corrected chi connectivity index (χ0v) is 11.7. The molecule has 0 amide bonds. The minimum Gasteiger partial charge on any atom is -0.481 e. The summed E-state index contributed by atoms with van der Waals surface area (Å²) in [6, 6.07) is 6.63. The second-order valence-corrected chi connectivity index (χ2v) is 5.72. The number of carboxylic acids is 1. The summed E-state index contributed by atoms with van der Waals surface area (Å²) in [7, 11) is 0. The van der Waals surface area contributed by atoms with Crippen molar-refractivity contribution in [3.63, 3.8) is 0 Å². The zero-order chi connectivity index (χ0) is 14.1. The Kier molecular flexibility index (Phi) is 3.45. The largest absolute Gasteiger partial charge is 0.481 e. The Morgan fingerprint density at radius 3 is 3.00 bits per heavy atom. The van der Waals surface area contributed by atoms with Crippen LogP contribution in [0.1, 0.15) is 0 Å². The molecule has 1 aromatic carbocycles. The predicted molar refractivity (Wildman–Crippen MR) is 77.3 cm³/mol. The van der Waals surface area contributed by atoms with Gasteiger partial charge in [0.15, 0.2) is 11.0 Å². The number of imidazole rings is 1. The number of carboxylic acid groups (broad SMARTS) is 1. The van der Waals surface area contributed by atoms with Gasteiger partial charge in [-0.25, -0.2) is 9.37 Å². The van der Waals surface area contributed by atoms with Crippen LogP contribution in [-0.2, 0) is 4.79 Å². The molecule has 0 aliphatic heterocycles. The third kappa shape index (κ3) is 2.30. The summed E-state index contributed by atoms with van der Waals surface area (Å²) in [6.07, 6.45) is 0. The van der Waals surface area contributed by atoms with E-state index in [1.165, 1.54) is 17.4 Å². The summed E-state index contributed by atoms with van der Waals surface area (Å²) in [4.78, 5) is 15.0. The number of para-hydroxylation sites is 1. The van der Waals surface area contributed by atoms with E-state index >= 15 is 0 Å². The Bertz CT molecular complexity index is 768. The summed E-state index contributed by atoms with van der Waals surface area (Å²) in [5, 5.41) is 13.1. The van der Waals surface area contributed by atoms with Crippen molar-refractivity contribution in [2.45, 2.75) is 5.16 Å². The van der Waals surface area contributed by atoms with E-state index in [0.29, 0.717) is 10.7 Å². The molecular formula is C13H9FN2O2S2. The van der Waals surface area contributed by atoms with Gasteiger partial charge >= 0.3 is 5.97 Å². The number of rotatable bonds is 4. The predicted octanol–water partition coefficient (Wildman–Crippen LogP) is 3.40. The van der Waals surface area contributed by atoms with Crippen LogP contribution in [-0.4, -0.2) is 26.4 Å². The molecule has 0 unspecified atom stereocenters. The fourth-order valence-electron chi connectivity index (χ4n) is 1.90. The highest BCUT2D eigenvalue weighted by molar-refractivity contribution is 7.99. The first-order valence-electron chi connectivity index (χ1n) is 5.71. The molecule has 0 radical (unpaired) electrons. The topological polar surface area (TPSA) is 55.1 Å². The number of nitrogens with zero attached hydrogens (tertiary/aromatic N) is 2. The standard InChI is InChI=1S/C13H9FN2O2S2/c14-9-2-1-3-10-12(9)15-13(20-7-11(17)18)16(10)8-4-5-19-6-8/h1-6H,7H2,(H,17,18). The van der Waals surface area contributed by atoms with Gasteiger partial charge < -0.3 is 5.11 Å². The molecule has 0 bridgehead atoms. The second-order valence-electron chi connectivity index (χ2n) is 4.00. The van der Waals surface area contributed by atoms with E-state index in [9.17, 15) is 9.18 Å². The van der Waals surface area contributed by atoms with Gasteiger partial charge in [0.05, 0.1) is 17.0 Å². The van der Waals surface area contributed by atoms with E-state index in [2.05, 4.69) is 4.98 Å². The van der Waals surface area contributed by atoms with Crippen LogP contribution in [0.25, 0.3) is 16.7 Å². The lowest BCUT2D eigenvalue weighted by molar-refractivity contribution is -0.133. The van der Waals surface area contributed by atoms with Crippen LogP contribution in [0.4, 0.5) is 4.39 Å². The highest BCUT2D eigenvalue weighted by Gasteiger charge is 2.16. The van der Waals surface area contributed by atoms with Crippen LogP contribution in [0.15, 0.2) is 40.2 Å². The fraction of sp³-hybridized carbons (Fsp3) is 0.0769. The molecular weight excluding hydrogens is 299 g/mol. The van der Waals surface area contributed by atoms with E-state index in [1.807, 2.05) is 16.8 Å². The summed E-state index contributed by atoms with van der Waals surface area (Å²) in [5.74, 6) is -1.46. The smallest absolute Gasteiger partial charge is 0.313 e. The molecule has 2 heterocycles. The molecule has 0 aliphatic rings. The maximum absolute atomic E-state index is 13.8. The third-order valence-corrected chi connectivity index (χ3v) is 4.29. The summed E-state index contributed by atoms with van der Waals surface area (Å²) >= 11 is 2.59. The lowest BCUT2D eigenvalue weighted by Gasteiger charge is -2.05. The number of thioether (sulfide) groups is 1. The number of benzene rings is 1. The molecule has 0 saturated heterocycles. The van der Waals surface area contributed by atoms with E-state index in [0.717, 1.165) is 17.4 Å². The Balaban J connectivity index is 2.19. The number of hydrogen-bond donors (Lipinski definition) is 1. The Morgan fingerprint density at radius 2 is 2.30 bits per heavy atom. The number of hydrogen-bond acceptors (Lipinski definition) is 4. The van der Waals surface area contributed by atoms with Gasteiger partial charge in [-0.1, -0.05) is 17.8 Å². The Labute approximate surface area is 121 Å². The molecule has 0 fully saturated rings. The molecule has 0 saturated carbocycles. The molecule has 3 aromatic rings. The molecule has 0 atom stereocenters.